The largest absolute Gasteiger partial charge is 0.347 e. The smallest absolute Gasteiger partial charge is 0.315 e. The molecular formula is C10H18N4O. The Labute approximate surface area is 89.7 Å². The van der Waals surface area contributed by atoms with Crippen LogP contribution in [0.5, 0.6) is 0 Å². The van der Waals surface area contributed by atoms with E-state index in [2.05, 4.69) is 20.6 Å². The summed E-state index contributed by atoms with van der Waals surface area (Å²) >= 11 is 0. The molecule has 1 atom stereocenters. The number of rotatable bonds is 5. The second kappa shape index (κ2) is 6.06. The molecule has 3 N–H and O–H groups in total. The Bertz CT molecular complexity index is 284. The highest BCUT2D eigenvalue weighted by atomic mass is 16.2. The van der Waals surface area contributed by atoms with E-state index in [1.54, 1.807) is 12.4 Å². The summed E-state index contributed by atoms with van der Waals surface area (Å²) < 4.78 is 0. The fraction of sp³-hybridized carbons (Fsp3) is 0.600. The second-order valence-electron chi connectivity index (χ2n) is 3.34. The molecule has 5 heteroatoms. The minimum absolute atomic E-state index is 0.0446. The SMILES string of the molecule is CCCNC(=O)NC(CC)c1ncc[nH]1. The number of H-pyrrole nitrogens is 1. The van der Waals surface area contributed by atoms with Crippen LogP contribution in [0.2, 0.25) is 0 Å². The third kappa shape index (κ3) is 3.61. The number of amides is 2. The van der Waals surface area contributed by atoms with Gasteiger partial charge in [0.05, 0.1) is 6.04 Å². The summed E-state index contributed by atoms with van der Waals surface area (Å²) in [5.74, 6) is 0.796. The number of nitrogens with one attached hydrogen (secondary N) is 3. The lowest BCUT2D eigenvalue weighted by Gasteiger charge is -2.14. The number of imidazole rings is 1. The number of aromatic amines is 1. The molecule has 0 radical (unpaired) electrons. The van der Waals surface area contributed by atoms with Gasteiger partial charge in [-0.15, -0.1) is 0 Å². The molecule has 2 amide bonds. The fourth-order valence-corrected chi connectivity index (χ4v) is 1.28. The molecule has 0 aliphatic heterocycles. The van der Waals surface area contributed by atoms with Gasteiger partial charge >= 0.3 is 6.03 Å². The van der Waals surface area contributed by atoms with Crippen LogP contribution in [-0.4, -0.2) is 22.5 Å². The maximum atomic E-state index is 11.4. The summed E-state index contributed by atoms with van der Waals surface area (Å²) in [6.07, 6.45) is 5.19. The van der Waals surface area contributed by atoms with Crippen LogP contribution < -0.4 is 10.6 Å². The maximum Gasteiger partial charge on any atom is 0.315 e. The van der Waals surface area contributed by atoms with Gasteiger partial charge in [0.15, 0.2) is 0 Å². The van der Waals surface area contributed by atoms with Gasteiger partial charge < -0.3 is 15.6 Å². The summed E-state index contributed by atoms with van der Waals surface area (Å²) in [5.41, 5.74) is 0. The molecule has 0 saturated heterocycles. The first-order chi connectivity index (χ1) is 7.27. The average molecular weight is 210 g/mol. The highest BCUT2D eigenvalue weighted by Crippen LogP contribution is 2.10. The summed E-state index contributed by atoms with van der Waals surface area (Å²) in [6.45, 7) is 4.72. The van der Waals surface area contributed by atoms with E-state index in [1.807, 2.05) is 13.8 Å². The van der Waals surface area contributed by atoms with Gasteiger partial charge in [-0.1, -0.05) is 13.8 Å². The highest BCUT2D eigenvalue weighted by Gasteiger charge is 2.13. The Morgan fingerprint density at radius 3 is 2.93 bits per heavy atom. The number of carbonyl (C=O) groups is 1. The lowest BCUT2D eigenvalue weighted by atomic mass is 10.2. The molecule has 1 unspecified atom stereocenters. The molecule has 1 rings (SSSR count). The highest BCUT2D eigenvalue weighted by molar-refractivity contribution is 5.74. The van der Waals surface area contributed by atoms with Gasteiger partial charge in [0.2, 0.25) is 0 Å². The minimum Gasteiger partial charge on any atom is -0.347 e. The topological polar surface area (TPSA) is 69.8 Å². The van der Waals surface area contributed by atoms with Crippen LogP contribution in [0.15, 0.2) is 12.4 Å². The van der Waals surface area contributed by atoms with Crippen LogP contribution >= 0.6 is 0 Å². The van der Waals surface area contributed by atoms with Crippen LogP contribution in [0, 0.1) is 0 Å². The predicted octanol–water partition coefficient (Wildman–Crippen LogP) is 1.57. The van der Waals surface area contributed by atoms with E-state index in [9.17, 15) is 4.79 Å². The van der Waals surface area contributed by atoms with E-state index in [4.69, 9.17) is 0 Å². The van der Waals surface area contributed by atoms with Crippen molar-refractivity contribution in [3.05, 3.63) is 18.2 Å². The third-order valence-corrected chi connectivity index (χ3v) is 2.10. The van der Waals surface area contributed by atoms with Gasteiger partial charge in [-0.05, 0) is 12.8 Å². The maximum absolute atomic E-state index is 11.4. The molecule has 84 valence electrons. The first-order valence-electron chi connectivity index (χ1n) is 5.31. The summed E-state index contributed by atoms with van der Waals surface area (Å²) in [7, 11) is 0. The lowest BCUT2D eigenvalue weighted by Crippen LogP contribution is -2.38. The van der Waals surface area contributed by atoms with Crippen molar-refractivity contribution >= 4 is 6.03 Å². The molecule has 0 spiro atoms. The zero-order valence-electron chi connectivity index (χ0n) is 9.21. The van der Waals surface area contributed by atoms with Crippen molar-refractivity contribution in [3.63, 3.8) is 0 Å². The van der Waals surface area contributed by atoms with Crippen LogP contribution in [0.4, 0.5) is 4.79 Å². The Hall–Kier alpha value is -1.52. The Morgan fingerprint density at radius 2 is 2.40 bits per heavy atom. The normalized spacial score (nSPS) is 12.1. The van der Waals surface area contributed by atoms with Crippen molar-refractivity contribution in [2.24, 2.45) is 0 Å². The van der Waals surface area contributed by atoms with Crippen molar-refractivity contribution in [2.45, 2.75) is 32.7 Å². The monoisotopic (exact) mass is 210 g/mol. The zero-order valence-corrected chi connectivity index (χ0v) is 9.21. The van der Waals surface area contributed by atoms with E-state index < -0.39 is 0 Å². The van der Waals surface area contributed by atoms with Crippen LogP contribution in [-0.2, 0) is 0 Å². The van der Waals surface area contributed by atoms with Gasteiger partial charge in [0.25, 0.3) is 0 Å². The Morgan fingerprint density at radius 1 is 1.60 bits per heavy atom. The van der Waals surface area contributed by atoms with Gasteiger partial charge in [-0.3, -0.25) is 0 Å². The Kier molecular flexibility index (Phi) is 4.66. The number of urea groups is 1. The molecule has 0 aliphatic carbocycles. The number of carbonyl (C=O) groups excluding carboxylic acids is 1. The number of hydrogen-bond donors (Lipinski definition) is 3. The van der Waals surface area contributed by atoms with E-state index in [-0.39, 0.29) is 12.1 Å². The van der Waals surface area contributed by atoms with Crippen molar-refractivity contribution in [2.75, 3.05) is 6.54 Å². The molecule has 0 fully saturated rings. The first-order valence-corrected chi connectivity index (χ1v) is 5.31. The predicted molar refractivity (Wildman–Crippen MR) is 58.4 cm³/mol. The molecule has 0 aliphatic rings. The molecule has 0 bridgehead atoms. The van der Waals surface area contributed by atoms with E-state index >= 15 is 0 Å². The molecule has 0 aromatic carbocycles. The second-order valence-corrected chi connectivity index (χ2v) is 3.34. The molecular weight excluding hydrogens is 192 g/mol. The van der Waals surface area contributed by atoms with Gasteiger partial charge in [-0.25, -0.2) is 9.78 Å². The molecule has 15 heavy (non-hydrogen) atoms. The molecule has 1 heterocycles. The quantitative estimate of drug-likeness (QED) is 0.690. The number of nitrogens with zero attached hydrogens (tertiary/aromatic N) is 1. The molecule has 5 nitrogen and oxygen atoms in total. The minimum atomic E-state index is -0.139. The third-order valence-electron chi connectivity index (χ3n) is 2.10. The molecule has 1 aromatic rings. The number of aromatic nitrogens is 2. The summed E-state index contributed by atoms with van der Waals surface area (Å²) in [5, 5.41) is 5.63. The van der Waals surface area contributed by atoms with Crippen molar-refractivity contribution < 1.29 is 4.79 Å². The zero-order chi connectivity index (χ0) is 11.1. The standard InChI is InChI=1S/C10H18N4O/c1-3-5-13-10(15)14-8(4-2)9-11-6-7-12-9/h6-8H,3-5H2,1-2H3,(H,11,12)(H2,13,14,15). The summed E-state index contributed by atoms with van der Waals surface area (Å²) in [4.78, 5) is 18.5. The number of hydrogen-bond acceptors (Lipinski definition) is 2. The van der Waals surface area contributed by atoms with E-state index in [0.29, 0.717) is 6.54 Å². The van der Waals surface area contributed by atoms with Crippen LogP contribution in [0.1, 0.15) is 38.6 Å². The Balaban J connectivity index is 2.44. The van der Waals surface area contributed by atoms with Crippen molar-refractivity contribution in [3.8, 4) is 0 Å². The van der Waals surface area contributed by atoms with Crippen LogP contribution in [0.25, 0.3) is 0 Å². The van der Waals surface area contributed by atoms with E-state index in [0.717, 1.165) is 18.7 Å². The van der Waals surface area contributed by atoms with Crippen molar-refractivity contribution in [1.29, 1.82) is 0 Å². The molecule has 0 saturated carbocycles. The molecule has 1 aromatic heterocycles. The summed E-state index contributed by atoms with van der Waals surface area (Å²) in [6, 6.07) is -0.183. The van der Waals surface area contributed by atoms with E-state index in [1.165, 1.54) is 0 Å². The average Bonchev–Trinajstić information content (AvgIpc) is 2.76. The fourth-order valence-electron chi connectivity index (χ4n) is 1.28. The first kappa shape index (κ1) is 11.6. The van der Waals surface area contributed by atoms with Gasteiger partial charge in [0, 0.05) is 18.9 Å². The van der Waals surface area contributed by atoms with Crippen LogP contribution in [0.3, 0.4) is 0 Å². The van der Waals surface area contributed by atoms with Gasteiger partial charge in [-0.2, -0.15) is 0 Å². The van der Waals surface area contributed by atoms with Gasteiger partial charge in [0.1, 0.15) is 5.82 Å². The lowest BCUT2D eigenvalue weighted by molar-refractivity contribution is 0.236. The van der Waals surface area contributed by atoms with Crippen molar-refractivity contribution in [1.82, 2.24) is 20.6 Å².